The zero-order valence-electron chi connectivity index (χ0n) is 4.92. The number of hydrogen-bond donors (Lipinski definition) is 2. The molecule has 0 radical (unpaired) electrons. The van der Waals surface area contributed by atoms with Crippen LogP contribution in [0.3, 0.4) is 0 Å². The molecule has 0 atom stereocenters. The fraction of sp³-hybridized carbons (Fsp3) is 0.500. The molecule has 0 aliphatic carbocycles. The number of rotatable bonds is 1. The second kappa shape index (κ2) is 7.83. The Bertz CT molecular complexity index is 55.2. The number of thiol groups is 1. The van der Waals surface area contributed by atoms with Gasteiger partial charge < -0.3 is 10.7 Å². The average molecular weight is 242 g/mol. The van der Waals surface area contributed by atoms with E-state index in [0.717, 1.165) is 0 Å². The predicted octanol–water partition coefficient (Wildman–Crippen LogP) is -3.52. The van der Waals surface area contributed by atoms with Crippen LogP contribution in [0.2, 0.25) is 0 Å². The molecule has 1 N–H and O–H groups in total. The summed E-state index contributed by atoms with van der Waals surface area (Å²) in [4.78, 5) is 9.63. The maximum absolute atomic E-state index is 9.63. The third-order valence-electron chi connectivity index (χ3n) is 0.231. The van der Waals surface area contributed by atoms with Gasteiger partial charge in [0.15, 0.2) is 0 Å². The van der Waals surface area contributed by atoms with Crippen molar-refractivity contribution >= 4 is 18.9 Å². The van der Waals surface area contributed by atoms with E-state index in [9.17, 15) is 4.79 Å². The Morgan fingerprint density at radius 2 is 2.43 bits per heavy atom. The molecule has 38 valence electrons. The van der Waals surface area contributed by atoms with Crippen molar-refractivity contribution in [3.63, 3.8) is 0 Å². The minimum atomic E-state index is -0.738. The van der Waals surface area contributed by atoms with Crippen molar-refractivity contribution in [1.29, 1.82) is 0 Å². The molecule has 0 aromatic carbocycles. The van der Waals surface area contributed by atoms with Gasteiger partial charge in [-0.05, 0) is 0 Å². The van der Waals surface area contributed by atoms with Gasteiger partial charge in [0.1, 0.15) is 6.61 Å². The zero-order chi connectivity index (χ0) is 4.99. The van der Waals surface area contributed by atoms with E-state index in [1.807, 2.05) is 0 Å². The van der Waals surface area contributed by atoms with Crippen molar-refractivity contribution in [3.8, 4) is 0 Å². The van der Waals surface area contributed by atoms with Crippen LogP contribution in [0.25, 0.3) is 0 Å². The molecule has 0 rings (SSSR count). The standard InChI is InChI=1S/C2H4O3S.Cs.H/c3-1-2(4)5-6;;/h3,6H,1H2;;/q;+1;-1. The van der Waals surface area contributed by atoms with E-state index in [1.165, 1.54) is 0 Å². The Balaban J connectivity index is -0.000000125. The summed E-state index contributed by atoms with van der Waals surface area (Å²) >= 11 is 3.09. The average Bonchev–Trinajstić information content (AvgIpc) is 1.65. The number of hydrogen-bond acceptors (Lipinski definition) is 4. The van der Waals surface area contributed by atoms with Crippen LogP contribution in [0.5, 0.6) is 0 Å². The van der Waals surface area contributed by atoms with E-state index < -0.39 is 12.6 Å². The molecule has 0 aromatic heterocycles. The zero-order valence-corrected chi connectivity index (χ0v) is 11.1. The molecule has 0 unspecified atom stereocenters. The summed E-state index contributed by atoms with van der Waals surface area (Å²) in [6, 6.07) is 0. The maximum atomic E-state index is 9.63. The summed E-state index contributed by atoms with van der Waals surface area (Å²) in [7, 11) is 0. The van der Waals surface area contributed by atoms with Crippen molar-refractivity contribution in [2.75, 3.05) is 6.61 Å². The van der Waals surface area contributed by atoms with E-state index in [4.69, 9.17) is 5.11 Å². The summed E-state index contributed by atoms with van der Waals surface area (Å²) in [5.41, 5.74) is 0. The van der Waals surface area contributed by atoms with Crippen molar-refractivity contribution in [1.82, 2.24) is 0 Å². The first-order valence-corrected chi connectivity index (χ1v) is 1.63. The van der Waals surface area contributed by atoms with Gasteiger partial charge in [-0.3, -0.25) is 0 Å². The van der Waals surface area contributed by atoms with Gasteiger partial charge in [-0.15, -0.1) is 0 Å². The van der Waals surface area contributed by atoms with E-state index in [1.54, 1.807) is 0 Å². The number of aliphatic hydroxyl groups excluding tert-OH is 1. The van der Waals surface area contributed by atoms with Gasteiger partial charge in [0, 0.05) is 12.9 Å². The van der Waals surface area contributed by atoms with Crippen LogP contribution in [0, 0.1) is 0 Å². The minimum Gasteiger partial charge on any atom is -1.00 e. The third-order valence-corrected chi connectivity index (χ3v) is 0.435. The van der Waals surface area contributed by atoms with Crippen LogP contribution in [0.4, 0.5) is 0 Å². The second-order valence-corrected chi connectivity index (χ2v) is 0.804. The molecule has 5 heteroatoms. The minimum absolute atomic E-state index is 0. The van der Waals surface area contributed by atoms with Gasteiger partial charge in [-0.25, -0.2) is 4.79 Å². The first-order valence-electron chi connectivity index (χ1n) is 1.26. The Morgan fingerprint density at radius 1 is 2.00 bits per heavy atom. The molecule has 0 amide bonds. The Morgan fingerprint density at radius 3 is 2.43 bits per heavy atom. The van der Waals surface area contributed by atoms with Crippen molar-refractivity contribution < 1.29 is 84.4 Å². The summed E-state index contributed by atoms with van der Waals surface area (Å²) < 4.78 is 3.70. The Labute approximate surface area is 107 Å². The van der Waals surface area contributed by atoms with Crippen molar-refractivity contribution in [2.45, 2.75) is 0 Å². The molecular weight excluding hydrogens is 237 g/mol. The maximum Gasteiger partial charge on any atom is 1.00 e. The SMILES string of the molecule is O=C(CO)OS.[Cs+].[H-]. The van der Waals surface area contributed by atoms with E-state index in [2.05, 4.69) is 17.1 Å². The Kier molecular flexibility index (Phi) is 13.0. The number of aliphatic hydroxyl groups is 1. The summed E-state index contributed by atoms with van der Waals surface area (Å²) in [5.74, 6) is -0.738. The van der Waals surface area contributed by atoms with Crippen molar-refractivity contribution in [2.24, 2.45) is 0 Å². The van der Waals surface area contributed by atoms with Gasteiger partial charge in [-0.2, -0.15) is 0 Å². The summed E-state index contributed by atoms with van der Waals surface area (Å²) in [5, 5.41) is 7.81. The monoisotopic (exact) mass is 242 g/mol. The van der Waals surface area contributed by atoms with Crippen LogP contribution in [0.15, 0.2) is 0 Å². The van der Waals surface area contributed by atoms with E-state index >= 15 is 0 Å². The third kappa shape index (κ3) is 7.83. The predicted molar refractivity (Wildman–Crippen MR) is 23.3 cm³/mol. The van der Waals surface area contributed by atoms with Gasteiger partial charge in [0.05, 0.1) is 0 Å². The largest absolute Gasteiger partial charge is 1.00 e. The molecule has 0 aliphatic rings. The van der Waals surface area contributed by atoms with Gasteiger partial charge in [0.25, 0.3) is 0 Å². The van der Waals surface area contributed by atoms with Crippen LogP contribution in [-0.2, 0) is 8.98 Å². The van der Waals surface area contributed by atoms with Crippen molar-refractivity contribution in [3.05, 3.63) is 0 Å². The molecule has 0 aromatic rings. The van der Waals surface area contributed by atoms with Gasteiger partial charge in [0.2, 0.25) is 0 Å². The normalized spacial score (nSPS) is 6.57. The fourth-order valence-electron chi connectivity index (χ4n) is 0.0289. The van der Waals surface area contributed by atoms with Crippen LogP contribution >= 0.6 is 12.9 Å². The number of carbonyl (C=O) groups excluding carboxylic acids is 1. The van der Waals surface area contributed by atoms with Gasteiger partial charge in [-0.1, -0.05) is 0 Å². The molecule has 0 fully saturated rings. The first-order chi connectivity index (χ1) is 2.81. The smallest absolute Gasteiger partial charge is 1.00 e. The quantitative estimate of drug-likeness (QED) is 0.370. The molecule has 3 nitrogen and oxygen atoms in total. The topological polar surface area (TPSA) is 46.5 Å². The van der Waals surface area contributed by atoms with E-state index in [-0.39, 0.29) is 70.3 Å². The van der Waals surface area contributed by atoms with Crippen LogP contribution in [-0.4, -0.2) is 17.7 Å². The molecule has 0 saturated heterocycles. The molecule has 0 aliphatic heterocycles. The molecule has 0 saturated carbocycles. The molecular formula is C2H5CsO3S. The van der Waals surface area contributed by atoms with Gasteiger partial charge >= 0.3 is 74.9 Å². The molecule has 0 spiro atoms. The first kappa shape index (κ1) is 11.6. The fourth-order valence-corrected chi connectivity index (χ4v) is 0.0866. The summed E-state index contributed by atoms with van der Waals surface area (Å²) in [6.45, 7) is -0.608. The van der Waals surface area contributed by atoms with Crippen LogP contribution in [0.1, 0.15) is 1.43 Å². The Hall–Kier alpha value is 1.83. The van der Waals surface area contributed by atoms with E-state index in [0.29, 0.717) is 0 Å². The molecule has 0 heterocycles. The second-order valence-electron chi connectivity index (χ2n) is 0.621. The molecule has 0 bridgehead atoms. The van der Waals surface area contributed by atoms with Crippen LogP contribution < -0.4 is 68.9 Å². The number of carbonyl (C=O) groups is 1. The summed E-state index contributed by atoms with van der Waals surface area (Å²) in [6.07, 6.45) is 0. The molecule has 7 heavy (non-hydrogen) atoms.